The Balaban J connectivity index is 2.12. The molecule has 0 aliphatic carbocycles. The molecule has 0 N–H and O–H groups in total. The van der Waals surface area contributed by atoms with Crippen molar-refractivity contribution in [1.82, 2.24) is 0 Å². The maximum Gasteiger partial charge on any atom is 0.469 e. The highest BCUT2D eigenvalue weighted by Crippen LogP contribution is 2.43. The van der Waals surface area contributed by atoms with Crippen molar-refractivity contribution in [3.05, 3.63) is 106 Å². The topological polar surface area (TPSA) is 104 Å². The minimum absolute atomic E-state index is 0.0214. The Morgan fingerprint density at radius 3 is 2.03 bits per heavy atom. The molecule has 0 bridgehead atoms. The van der Waals surface area contributed by atoms with Gasteiger partial charge in [0.25, 0.3) is 9.84 Å². The largest absolute Gasteiger partial charge is 0.497 e. The van der Waals surface area contributed by atoms with E-state index >= 15 is 4.39 Å². The van der Waals surface area contributed by atoms with Crippen molar-refractivity contribution in [2.75, 3.05) is 7.11 Å². The smallest absolute Gasteiger partial charge is 0.469 e. The molecule has 3 aromatic rings. The van der Waals surface area contributed by atoms with Crippen LogP contribution < -0.4 is 4.74 Å². The summed E-state index contributed by atoms with van der Waals surface area (Å²) < 4.78 is 47.6. The first kappa shape index (κ1) is 23.1. The summed E-state index contributed by atoms with van der Waals surface area (Å²) in [6.07, 6.45) is -0.736. The fourth-order valence-electron chi connectivity index (χ4n) is 3.39. The standard InChI is InChI=1S/C23H20FNO6S/c1-31-19-14-12-18(13-15-19)22(26)16-21(17-8-4-2-5-9-17)23(24,25(27)28)32(29,30)20-10-6-3-7-11-20/h2-15,21H,16H2,1H3. The Morgan fingerprint density at radius 2 is 1.53 bits per heavy atom. The summed E-state index contributed by atoms with van der Waals surface area (Å²) in [7, 11) is -3.67. The van der Waals surface area contributed by atoms with Crippen molar-refractivity contribution < 1.29 is 27.3 Å². The van der Waals surface area contributed by atoms with Gasteiger partial charge in [-0.25, -0.2) is 8.42 Å². The number of Topliss-reactive ketones (excluding diaryl/α,β-unsaturated/α-hetero) is 1. The number of carbonyl (C=O) groups is 1. The van der Waals surface area contributed by atoms with Gasteiger partial charge in [0.1, 0.15) is 11.7 Å². The number of methoxy groups -OCH3 is 1. The second-order valence-corrected chi connectivity index (χ2v) is 9.05. The Kier molecular flexibility index (Phi) is 6.69. The Morgan fingerprint density at radius 1 is 1.00 bits per heavy atom. The maximum absolute atomic E-state index is 16.3. The molecule has 0 aromatic heterocycles. The molecule has 2 unspecified atom stereocenters. The molecule has 3 aromatic carbocycles. The summed E-state index contributed by atoms with van der Waals surface area (Å²) in [5.41, 5.74) is 0.169. The number of hydrogen-bond acceptors (Lipinski definition) is 6. The molecule has 0 fully saturated rings. The summed E-state index contributed by atoms with van der Waals surface area (Å²) in [6, 6.07) is 19.6. The summed E-state index contributed by atoms with van der Waals surface area (Å²) in [5.74, 6) is -2.05. The number of nitro groups is 1. The summed E-state index contributed by atoms with van der Waals surface area (Å²) in [5, 5.41) is 8.01. The first-order valence-corrected chi connectivity index (χ1v) is 11.1. The van der Waals surface area contributed by atoms with Crippen LogP contribution in [0.3, 0.4) is 0 Å². The number of ether oxygens (including phenoxy) is 1. The molecule has 0 aliphatic rings. The van der Waals surface area contributed by atoms with Crippen LogP contribution in [0.2, 0.25) is 0 Å². The third-order valence-electron chi connectivity index (χ3n) is 5.11. The number of carbonyl (C=O) groups excluding carboxylic acids is 1. The number of benzene rings is 3. The van der Waals surface area contributed by atoms with Crippen LogP contribution in [0, 0.1) is 10.1 Å². The van der Waals surface area contributed by atoms with E-state index in [1.54, 1.807) is 6.07 Å². The van der Waals surface area contributed by atoms with Crippen LogP contribution in [0.15, 0.2) is 89.8 Å². The molecule has 9 heteroatoms. The van der Waals surface area contributed by atoms with Crippen molar-refractivity contribution in [2.45, 2.75) is 22.4 Å². The number of sulfone groups is 1. The quantitative estimate of drug-likeness (QED) is 0.204. The SMILES string of the molecule is COc1ccc(C(=O)CC(c2ccccc2)C(F)([N+](=O)[O-])S(=O)(=O)c2ccccc2)cc1. The molecule has 0 saturated carbocycles. The van der Waals surface area contributed by atoms with Gasteiger partial charge in [-0.3, -0.25) is 14.9 Å². The van der Waals surface area contributed by atoms with Gasteiger partial charge in [0, 0.05) is 12.0 Å². The zero-order valence-electron chi connectivity index (χ0n) is 17.1. The second kappa shape index (κ2) is 9.27. The van der Waals surface area contributed by atoms with Crippen molar-refractivity contribution >= 4 is 15.6 Å². The minimum Gasteiger partial charge on any atom is -0.497 e. The van der Waals surface area contributed by atoms with E-state index in [0.717, 1.165) is 12.1 Å². The first-order chi connectivity index (χ1) is 15.2. The van der Waals surface area contributed by atoms with E-state index in [1.165, 1.54) is 73.8 Å². The summed E-state index contributed by atoms with van der Waals surface area (Å²) in [6.45, 7) is 0. The van der Waals surface area contributed by atoms with Gasteiger partial charge < -0.3 is 4.74 Å². The fraction of sp³-hybridized carbons (Fsp3) is 0.174. The van der Waals surface area contributed by atoms with Gasteiger partial charge in [0.05, 0.1) is 16.9 Å². The molecule has 2 atom stereocenters. The highest BCUT2D eigenvalue weighted by atomic mass is 32.2. The molecule has 32 heavy (non-hydrogen) atoms. The molecular formula is C23H20FNO6S. The predicted octanol–water partition coefficient (Wildman–Crippen LogP) is 4.43. The van der Waals surface area contributed by atoms with Crippen LogP contribution in [0.5, 0.6) is 5.75 Å². The number of alkyl halides is 1. The Hall–Kier alpha value is -3.59. The number of hydrogen-bond donors (Lipinski definition) is 0. The van der Waals surface area contributed by atoms with E-state index in [4.69, 9.17) is 4.74 Å². The maximum atomic E-state index is 16.3. The summed E-state index contributed by atoms with van der Waals surface area (Å²) >= 11 is 0. The normalized spacial score (nSPS) is 14.2. The molecule has 0 aliphatic heterocycles. The van der Waals surface area contributed by atoms with Gasteiger partial charge >= 0.3 is 5.12 Å². The van der Waals surface area contributed by atoms with E-state index in [0.29, 0.717) is 5.75 Å². The Bertz CT molecular complexity index is 1200. The van der Waals surface area contributed by atoms with Gasteiger partial charge in [-0.2, -0.15) is 0 Å². The molecule has 0 amide bonds. The van der Waals surface area contributed by atoms with E-state index in [2.05, 4.69) is 0 Å². The number of rotatable bonds is 9. The highest BCUT2D eigenvalue weighted by molar-refractivity contribution is 7.92. The lowest BCUT2D eigenvalue weighted by Crippen LogP contribution is -2.48. The van der Waals surface area contributed by atoms with Crippen LogP contribution in [0.1, 0.15) is 28.3 Å². The average Bonchev–Trinajstić information content (AvgIpc) is 2.82. The van der Waals surface area contributed by atoms with Crippen molar-refractivity contribution in [2.24, 2.45) is 0 Å². The molecule has 7 nitrogen and oxygen atoms in total. The molecule has 0 saturated heterocycles. The van der Waals surface area contributed by atoms with Crippen LogP contribution in [0.4, 0.5) is 4.39 Å². The molecule has 3 rings (SSSR count). The van der Waals surface area contributed by atoms with Gasteiger partial charge in [0.15, 0.2) is 5.78 Å². The monoisotopic (exact) mass is 457 g/mol. The minimum atomic E-state index is -5.12. The zero-order chi connectivity index (χ0) is 23.4. The average molecular weight is 457 g/mol. The number of ketones is 1. The lowest BCUT2D eigenvalue weighted by molar-refractivity contribution is -0.578. The van der Waals surface area contributed by atoms with E-state index < -0.39 is 42.9 Å². The van der Waals surface area contributed by atoms with Crippen LogP contribution in [-0.2, 0) is 9.84 Å². The Labute approximate surface area is 184 Å². The van der Waals surface area contributed by atoms with Gasteiger partial charge in [0.2, 0.25) is 0 Å². The first-order valence-electron chi connectivity index (χ1n) is 9.57. The number of nitrogens with zero attached hydrogens (tertiary/aromatic N) is 1. The van der Waals surface area contributed by atoms with Crippen molar-refractivity contribution in [3.63, 3.8) is 0 Å². The predicted molar refractivity (Wildman–Crippen MR) is 116 cm³/mol. The molecule has 166 valence electrons. The fourth-order valence-corrected chi connectivity index (χ4v) is 5.03. The van der Waals surface area contributed by atoms with Crippen LogP contribution in [-0.4, -0.2) is 31.4 Å². The van der Waals surface area contributed by atoms with Crippen molar-refractivity contribution in [1.29, 1.82) is 0 Å². The van der Waals surface area contributed by atoms with E-state index in [1.807, 2.05) is 0 Å². The van der Waals surface area contributed by atoms with E-state index in [-0.39, 0.29) is 11.1 Å². The molecule has 0 heterocycles. The lowest BCUT2D eigenvalue weighted by Gasteiger charge is -2.26. The van der Waals surface area contributed by atoms with E-state index in [9.17, 15) is 23.3 Å². The summed E-state index contributed by atoms with van der Waals surface area (Å²) in [4.78, 5) is 22.9. The van der Waals surface area contributed by atoms with Gasteiger partial charge in [-0.05, 0) is 42.0 Å². The highest BCUT2D eigenvalue weighted by Gasteiger charge is 2.64. The van der Waals surface area contributed by atoms with Gasteiger partial charge in [-0.15, -0.1) is 4.39 Å². The third kappa shape index (κ3) is 4.24. The zero-order valence-corrected chi connectivity index (χ0v) is 17.9. The van der Waals surface area contributed by atoms with Crippen molar-refractivity contribution in [3.8, 4) is 5.75 Å². The van der Waals surface area contributed by atoms with Gasteiger partial charge in [-0.1, -0.05) is 48.5 Å². The number of halogens is 1. The molecule has 0 spiro atoms. The lowest BCUT2D eigenvalue weighted by atomic mass is 9.90. The second-order valence-electron chi connectivity index (χ2n) is 7.00. The van der Waals surface area contributed by atoms with Crippen LogP contribution in [0.25, 0.3) is 0 Å². The molecular weight excluding hydrogens is 437 g/mol. The third-order valence-corrected chi connectivity index (χ3v) is 7.19. The van der Waals surface area contributed by atoms with Crippen LogP contribution >= 0.6 is 0 Å². The molecule has 0 radical (unpaired) electrons.